The molecule has 1 amide bonds. The van der Waals surface area contributed by atoms with Crippen molar-refractivity contribution in [3.05, 3.63) is 52.9 Å². The molecule has 1 aromatic heterocycles. The predicted molar refractivity (Wildman–Crippen MR) is 76.7 cm³/mol. The second kappa shape index (κ2) is 5.87. The monoisotopic (exact) mass is 291 g/mol. The van der Waals surface area contributed by atoms with Crippen LogP contribution in [0, 0.1) is 25.5 Å². The van der Waals surface area contributed by atoms with Crippen LogP contribution < -0.4 is 5.32 Å². The van der Waals surface area contributed by atoms with E-state index in [9.17, 15) is 13.6 Å². The van der Waals surface area contributed by atoms with Crippen molar-refractivity contribution in [2.24, 2.45) is 7.05 Å². The lowest BCUT2D eigenvalue weighted by Crippen LogP contribution is -2.09. The third kappa shape index (κ3) is 3.34. The molecule has 0 spiro atoms. The first kappa shape index (κ1) is 14.9. The van der Waals surface area contributed by atoms with Gasteiger partial charge in [-0.1, -0.05) is 0 Å². The maximum Gasteiger partial charge on any atom is 0.248 e. The van der Waals surface area contributed by atoms with E-state index in [2.05, 4.69) is 10.4 Å². The third-order valence-electron chi connectivity index (χ3n) is 3.15. The largest absolute Gasteiger partial charge is 0.320 e. The van der Waals surface area contributed by atoms with Crippen molar-refractivity contribution < 1.29 is 13.6 Å². The lowest BCUT2D eigenvalue weighted by molar-refractivity contribution is -0.111. The smallest absolute Gasteiger partial charge is 0.248 e. The summed E-state index contributed by atoms with van der Waals surface area (Å²) in [5.74, 6) is -1.84. The van der Waals surface area contributed by atoms with Gasteiger partial charge in [0.1, 0.15) is 11.6 Å². The standard InChI is InChI=1S/C15H15F2N3O/c1-9-12(10(2)20(3)19-9)5-7-15(21)18-14-8-11(16)4-6-13(14)17/h4-8H,1-3H3,(H,18,21). The number of benzene rings is 1. The highest BCUT2D eigenvalue weighted by molar-refractivity contribution is 6.02. The van der Waals surface area contributed by atoms with Gasteiger partial charge in [-0.25, -0.2) is 8.78 Å². The van der Waals surface area contributed by atoms with E-state index in [1.54, 1.807) is 10.8 Å². The average Bonchev–Trinajstić information content (AvgIpc) is 2.66. The van der Waals surface area contributed by atoms with Gasteiger partial charge in [0.05, 0.1) is 11.4 Å². The number of carbonyl (C=O) groups is 1. The van der Waals surface area contributed by atoms with E-state index in [1.807, 2.05) is 20.9 Å². The summed E-state index contributed by atoms with van der Waals surface area (Å²) in [7, 11) is 1.81. The first-order chi connectivity index (χ1) is 9.88. The van der Waals surface area contributed by atoms with Crippen molar-refractivity contribution in [2.45, 2.75) is 13.8 Å². The van der Waals surface area contributed by atoms with Crippen LogP contribution in [0.2, 0.25) is 0 Å². The lowest BCUT2D eigenvalue weighted by atomic mass is 10.2. The summed E-state index contributed by atoms with van der Waals surface area (Å²) in [6.45, 7) is 3.71. The van der Waals surface area contributed by atoms with Gasteiger partial charge in [0.25, 0.3) is 0 Å². The molecule has 0 unspecified atom stereocenters. The van der Waals surface area contributed by atoms with Gasteiger partial charge in [-0.05, 0) is 32.1 Å². The van der Waals surface area contributed by atoms with Crippen molar-refractivity contribution in [3.8, 4) is 0 Å². The zero-order valence-electron chi connectivity index (χ0n) is 11.9. The predicted octanol–water partition coefficient (Wildman–Crippen LogP) is 2.97. The summed E-state index contributed by atoms with van der Waals surface area (Å²) in [4.78, 5) is 11.8. The van der Waals surface area contributed by atoms with Gasteiger partial charge in [0.15, 0.2) is 0 Å². The highest BCUT2D eigenvalue weighted by Gasteiger charge is 2.08. The van der Waals surface area contributed by atoms with E-state index < -0.39 is 17.5 Å². The Morgan fingerprint density at radius 3 is 2.67 bits per heavy atom. The number of aromatic nitrogens is 2. The second-order valence-corrected chi connectivity index (χ2v) is 4.65. The van der Waals surface area contributed by atoms with E-state index in [4.69, 9.17) is 0 Å². The van der Waals surface area contributed by atoms with Gasteiger partial charge in [0, 0.05) is 30.4 Å². The summed E-state index contributed by atoms with van der Waals surface area (Å²) in [6, 6.07) is 2.88. The number of aryl methyl sites for hydroxylation is 2. The Hall–Kier alpha value is -2.50. The summed E-state index contributed by atoms with van der Waals surface area (Å²) >= 11 is 0. The molecule has 2 aromatic rings. The molecule has 0 aliphatic rings. The third-order valence-corrected chi connectivity index (χ3v) is 3.15. The molecule has 0 bridgehead atoms. The molecule has 6 heteroatoms. The van der Waals surface area contributed by atoms with Crippen LogP contribution in [0.1, 0.15) is 17.0 Å². The number of anilines is 1. The minimum absolute atomic E-state index is 0.190. The molecule has 0 aliphatic heterocycles. The molecule has 0 saturated carbocycles. The Balaban J connectivity index is 2.15. The molecule has 0 atom stereocenters. The van der Waals surface area contributed by atoms with Gasteiger partial charge >= 0.3 is 0 Å². The number of rotatable bonds is 3. The Morgan fingerprint density at radius 1 is 1.33 bits per heavy atom. The maximum atomic E-state index is 13.4. The second-order valence-electron chi connectivity index (χ2n) is 4.65. The van der Waals surface area contributed by atoms with E-state index in [0.29, 0.717) is 0 Å². The summed E-state index contributed by atoms with van der Waals surface area (Å²) in [5.41, 5.74) is 2.33. The molecule has 4 nitrogen and oxygen atoms in total. The van der Waals surface area contributed by atoms with E-state index >= 15 is 0 Å². The minimum atomic E-state index is -0.688. The molecule has 21 heavy (non-hydrogen) atoms. The highest BCUT2D eigenvalue weighted by Crippen LogP contribution is 2.16. The highest BCUT2D eigenvalue weighted by atomic mass is 19.1. The number of carbonyl (C=O) groups excluding carboxylic acids is 1. The fraction of sp³-hybridized carbons (Fsp3) is 0.200. The van der Waals surface area contributed by atoms with E-state index in [-0.39, 0.29) is 5.69 Å². The fourth-order valence-corrected chi connectivity index (χ4v) is 1.96. The van der Waals surface area contributed by atoms with E-state index in [0.717, 1.165) is 35.2 Å². The van der Waals surface area contributed by atoms with Gasteiger partial charge in [0.2, 0.25) is 5.91 Å². The van der Waals surface area contributed by atoms with Crippen molar-refractivity contribution in [3.63, 3.8) is 0 Å². The van der Waals surface area contributed by atoms with Crippen LogP contribution in [0.15, 0.2) is 24.3 Å². The number of hydrogen-bond acceptors (Lipinski definition) is 2. The molecular weight excluding hydrogens is 276 g/mol. The molecule has 0 fully saturated rings. The minimum Gasteiger partial charge on any atom is -0.320 e. The first-order valence-electron chi connectivity index (χ1n) is 6.33. The van der Waals surface area contributed by atoms with Crippen molar-refractivity contribution in [1.82, 2.24) is 9.78 Å². The fourth-order valence-electron chi connectivity index (χ4n) is 1.96. The Morgan fingerprint density at radius 2 is 2.05 bits per heavy atom. The topological polar surface area (TPSA) is 46.9 Å². The van der Waals surface area contributed by atoms with Crippen LogP contribution in [-0.4, -0.2) is 15.7 Å². The zero-order valence-corrected chi connectivity index (χ0v) is 11.9. The Bertz CT molecular complexity index is 720. The molecule has 2 rings (SSSR count). The van der Waals surface area contributed by atoms with Gasteiger partial charge < -0.3 is 5.32 Å². The molecule has 1 N–H and O–H groups in total. The maximum absolute atomic E-state index is 13.4. The summed E-state index contributed by atoms with van der Waals surface area (Å²) < 4.78 is 28.1. The van der Waals surface area contributed by atoms with Gasteiger partial charge in [-0.2, -0.15) is 5.10 Å². The molecule has 1 heterocycles. The molecular formula is C15H15F2N3O. The first-order valence-corrected chi connectivity index (χ1v) is 6.33. The van der Waals surface area contributed by atoms with Gasteiger partial charge in [-0.3, -0.25) is 9.48 Å². The summed E-state index contributed by atoms with van der Waals surface area (Å²) in [6.07, 6.45) is 2.87. The number of nitrogens with zero attached hydrogens (tertiary/aromatic N) is 2. The quantitative estimate of drug-likeness (QED) is 0.884. The van der Waals surface area contributed by atoms with Crippen LogP contribution in [0.5, 0.6) is 0 Å². The van der Waals surface area contributed by atoms with Crippen molar-refractivity contribution in [2.75, 3.05) is 5.32 Å². The van der Waals surface area contributed by atoms with Gasteiger partial charge in [-0.15, -0.1) is 0 Å². The Kier molecular flexibility index (Phi) is 4.16. The number of hydrogen-bond donors (Lipinski definition) is 1. The SMILES string of the molecule is Cc1nn(C)c(C)c1C=CC(=O)Nc1cc(F)ccc1F. The van der Waals surface area contributed by atoms with Crippen LogP contribution in [0.3, 0.4) is 0 Å². The lowest BCUT2D eigenvalue weighted by Gasteiger charge is -2.03. The zero-order chi connectivity index (χ0) is 15.6. The van der Waals surface area contributed by atoms with E-state index in [1.165, 1.54) is 6.08 Å². The van der Waals surface area contributed by atoms with Crippen LogP contribution in [0.25, 0.3) is 6.08 Å². The number of nitrogens with one attached hydrogen (secondary N) is 1. The molecule has 0 saturated heterocycles. The van der Waals surface area contributed by atoms with Crippen molar-refractivity contribution >= 4 is 17.7 Å². The average molecular weight is 291 g/mol. The van der Waals surface area contributed by atoms with Crippen molar-refractivity contribution in [1.29, 1.82) is 0 Å². The number of halogens is 2. The molecule has 110 valence electrons. The van der Waals surface area contributed by atoms with Crippen LogP contribution >= 0.6 is 0 Å². The normalized spacial score (nSPS) is 11.1. The molecule has 0 aliphatic carbocycles. The molecule has 1 aromatic carbocycles. The molecule has 0 radical (unpaired) electrons. The van der Waals surface area contributed by atoms with Crippen LogP contribution in [-0.2, 0) is 11.8 Å². The number of amides is 1. The summed E-state index contributed by atoms with van der Waals surface area (Å²) in [5, 5.41) is 6.52. The van der Waals surface area contributed by atoms with Crippen LogP contribution in [0.4, 0.5) is 14.5 Å². The Labute approximate surface area is 121 Å².